The first kappa shape index (κ1) is 14.9. The molecule has 116 valence electrons. The van der Waals surface area contributed by atoms with Crippen molar-refractivity contribution in [1.82, 2.24) is 4.98 Å². The molecule has 1 aromatic heterocycles. The van der Waals surface area contributed by atoms with Crippen LogP contribution in [0.1, 0.15) is 17.3 Å². The van der Waals surface area contributed by atoms with Crippen LogP contribution in [0.2, 0.25) is 0 Å². The van der Waals surface area contributed by atoms with Gasteiger partial charge < -0.3 is 9.73 Å². The van der Waals surface area contributed by atoms with Crippen LogP contribution in [0.15, 0.2) is 53.1 Å². The maximum absolute atomic E-state index is 13.6. The predicted octanol–water partition coefficient (Wildman–Crippen LogP) is 4.57. The van der Waals surface area contributed by atoms with E-state index in [1.165, 1.54) is 13.1 Å². The highest BCUT2D eigenvalue weighted by Gasteiger charge is 2.14. The van der Waals surface area contributed by atoms with Crippen molar-refractivity contribution in [1.29, 1.82) is 0 Å². The number of hydrogen-bond acceptors (Lipinski definition) is 4. The fourth-order valence-corrected chi connectivity index (χ4v) is 2.17. The maximum atomic E-state index is 13.6. The second kappa shape index (κ2) is 6.00. The molecule has 0 aliphatic carbocycles. The summed E-state index contributed by atoms with van der Waals surface area (Å²) in [6.07, 6.45) is 1.42. The fourth-order valence-electron chi connectivity index (χ4n) is 2.17. The normalized spacial score (nSPS) is 10.6. The number of hydrogen-bond donors (Lipinski definition) is 1. The van der Waals surface area contributed by atoms with Crippen LogP contribution in [-0.2, 0) is 0 Å². The Morgan fingerprint density at radius 3 is 2.74 bits per heavy atom. The van der Waals surface area contributed by atoms with Gasteiger partial charge in [0.05, 0.1) is 11.9 Å². The Labute approximate surface area is 130 Å². The molecule has 0 saturated carbocycles. The molecule has 0 unspecified atom stereocenters. The Bertz CT molecular complexity index is 875. The van der Waals surface area contributed by atoms with E-state index >= 15 is 0 Å². The van der Waals surface area contributed by atoms with Gasteiger partial charge in [0.2, 0.25) is 0 Å². The lowest BCUT2D eigenvalue weighted by Gasteiger charge is -2.04. The minimum absolute atomic E-state index is 0.00264. The summed E-state index contributed by atoms with van der Waals surface area (Å²) < 4.78 is 32.3. The number of carbonyl (C=O) groups is 1. The average Bonchev–Trinajstić information content (AvgIpc) is 2.99. The molecule has 0 spiro atoms. The number of halogens is 2. The number of nitrogens with one attached hydrogen (secondary N) is 1. The zero-order valence-corrected chi connectivity index (χ0v) is 12.1. The van der Waals surface area contributed by atoms with Crippen molar-refractivity contribution in [3.63, 3.8) is 0 Å². The summed E-state index contributed by atoms with van der Waals surface area (Å²) in [5.74, 6) is -0.962. The zero-order valence-electron chi connectivity index (χ0n) is 12.1. The van der Waals surface area contributed by atoms with Crippen LogP contribution >= 0.6 is 0 Å². The molecule has 0 aliphatic rings. The maximum Gasteiger partial charge on any atom is 0.299 e. The summed E-state index contributed by atoms with van der Waals surface area (Å²) in [4.78, 5) is 15.6. The number of Topliss-reactive ketones (excluding diaryl/α,β-unsaturated/α-hetero) is 1. The molecule has 23 heavy (non-hydrogen) atoms. The number of nitrogens with zero attached hydrogens (tertiary/aromatic N) is 1. The van der Waals surface area contributed by atoms with Gasteiger partial charge in [-0.15, -0.1) is 0 Å². The smallest absolute Gasteiger partial charge is 0.299 e. The third kappa shape index (κ3) is 3.11. The third-order valence-electron chi connectivity index (χ3n) is 3.25. The molecule has 3 aromatic rings. The largest absolute Gasteiger partial charge is 0.423 e. The summed E-state index contributed by atoms with van der Waals surface area (Å²) in [5, 5.41) is 2.57. The first-order valence-corrected chi connectivity index (χ1v) is 6.83. The lowest BCUT2D eigenvalue weighted by atomic mass is 10.0. The van der Waals surface area contributed by atoms with Crippen LogP contribution in [0.4, 0.5) is 20.5 Å². The molecular weight excluding hydrogens is 302 g/mol. The van der Waals surface area contributed by atoms with Gasteiger partial charge >= 0.3 is 0 Å². The summed E-state index contributed by atoms with van der Waals surface area (Å²) in [7, 11) is 0. The van der Waals surface area contributed by atoms with Crippen LogP contribution in [0.25, 0.3) is 11.3 Å². The van der Waals surface area contributed by atoms with E-state index in [2.05, 4.69) is 10.3 Å². The molecule has 0 saturated heterocycles. The lowest BCUT2D eigenvalue weighted by Crippen LogP contribution is -1.95. The van der Waals surface area contributed by atoms with E-state index in [1.54, 1.807) is 24.3 Å². The van der Waals surface area contributed by atoms with Crippen molar-refractivity contribution in [3.8, 4) is 11.3 Å². The van der Waals surface area contributed by atoms with E-state index in [1.807, 2.05) is 0 Å². The van der Waals surface area contributed by atoms with Crippen LogP contribution in [0.3, 0.4) is 0 Å². The van der Waals surface area contributed by atoms with E-state index in [0.29, 0.717) is 16.9 Å². The fraction of sp³-hybridized carbons (Fsp3) is 0.0588. The van der Waals surface area contributed by atoms with Gasteiger partial charge in [-0.05, 0) is 19.1 Å². The molecule has 0 fully saturated rings. The summed E-state index contributed by atoms with van der Waals surface area (Å²) in [5.41, 5.74) is 0.991. The summed E-state index contributed by atoms with van der Waals surface area (Å²) >= 11 is 0. The number of aromatic nitrogens is 1. The minimum Gasteiger partial charge on any atom is -0.423 e. The van der Waals surface area contributed by atoms with Crippen LogP contribution in [0, 0.1) is 11.6 Å². The van der Waals surface area contributed by atoms with E-state index in [4.69, 9.17) is 4.42 Å². The molecule has 2 aromatic carbocycles. The first-order chi connectivity index (χ1) is 11.0. The van der Waals surface area contributed by atoms with E-state index < -0.39 is 11.6 Å². The number of oxazole rings is 1. The van der Waals surface area contributed by atoms with Gasteiger partial charge in [0.1, 0.15) is 11.6 Å². The molecule has 0 bridgehead atoms. The van der Waals surface area contributed by atoms with Gasteiger partial charge in [-0.1, -0.05) is 24.3 Å². The number of rotatable bonds is 4. The van der Waals surface area contributed by atoms with Crippen molar-refractivity contribution >= 4 is 17.5 Å². The highest BCUT2D eigenvalue weighted by molar-refractivity contribution is 6.00. The average molecular weight is 314 g/mol. The Kier molecular flexibility index (Phi) is 3.89. The number of carbonyl (C=O) groups excluding carboxylic acids is 1. The molecule has 6 heteroatoms. The minimum atomic E-state index is -0.629. The standard InChI is InChI=1S/C17H12F2N2O2/c1-10(22)12-4-2-3-5-13(12)16-9-20-17(23-16)21-15-8-11(18)6-7-14(15)19/h2-9H,1H3,(H,20,21). The summed E-state index contributed by atoms with van der Waals surface area (Å²) in [6.45, 7) is 1.45. The van der Waals surface area contributed by atoms with E-state index in [-0.39, 0.29) is 17.5 Å². The highest BCUT2D eigenvalue weighted by atomic mass is 19.1. The van der Waals surface area contributed by atoms with Crippen molar-refractivity contribution in [2.24, 2.45) is 0 Å². The molecule has 1 N–H and O–H groups in total. The zero-order chi connectivity index (χ0) is 16.4. The van der Waals surface area contributed by atoms with Crippen molar-refractivity contribution in [3.05, 3.63) is 65.9 Å². The van der Waals surface area contributed by atoms with Crippen molar-refractivity contribution < 1.29 is 18.0 Å². The van der Waals surface area contributed by atoms with Crippen molar-refractivity contribution in [2.75, 3.05) is 5.32 Å². The van der Waals surface area contributed by atoms with Crippen molar-refractivity contribution in [2.45, 2.75) is 6.92 Å². The highest BCUT2D eigenvalue weighted by Crippen LogP contribution is 2.28. The second-order valence-electron chi connectivity index (χ2n) is 4.88. The molecule has 0 radical (unpaired) electrons. The van der Waals surface area contributed by atoms with Gasteiger partial charge in [0.25, 0.3) is 6.01 Å². The van der Waals surface area contributed by atoms with E-state index in [9.17, 15) is 13.6 Å². The molecule has 1 heterocycles. The van der Waals surface area contributed by atoms with Gasteiger partial charge in [-0.25, -0.2) is 13.8 Å². The quantitative estimate of drug-likeness (QED) is 0.717. The van der Waals surface area contributed by atoms with Gasteiger partial charge in [-0.3, -0.25) is 4.79 Å². The van der Waals surface area contributed by atoms with Gasteiger partial charge in [0.15, 0.2) is 11.5 Å². The molecule has 4 nitrogen and oxygen atoms in total. The Balaban J connectivity index is 1.92. The van der Waals surface area contributed by atoms with Crippen LogP contribution < -0.4 is 5.32 Å². The van der Waals surface area contributed by atoms with E-state index in [0.717, 1.165) is 18.2 Å². The lowest BCUT2D eigenvalue weighted by molar-refractivity contribution is 0.101. The van der Waals surface area contributed by atoms with Crippen LogP contribution in [-0.4, -0.2) is 10.8 Å². The Morgan fingerprint density at radius 1 is 1.17 bits per heavy atom. The SMILES string of the molecule is CC(=O)c1ccccc1-c1cnc(Nc2cc(F)ccc2F)o1. The second-order valence-corrected chi connectivity index (χ2v) is 4.88. The molecule has 0 amide bonds. The molecule has 3 rings (SSSR count). The third-order valence-corrected chi connectivity index (χ3v) is 3.25. The molecular formula is C17H12F2N2O2. The number of anilines is 2. The van der Waals surface area contributed by atoms with Gasteiger partial charge in [0, 0.05) is 17.2 Å². The van der Waals surface area contributed by atoms with Crippen LogP contribution in [0.5, 0.6) is 0 Å². The molecule has 0 atom stereocenters. The topological polar surface area (TPSA) is 55.1 Å². The number of benzene rings is 2. The monoisotopic (exact) mass is 314 g/mol. The number of ketones is 1. The Morgan fingerprint density at radius 2 is 1.96 bits per heavy atom. The first-order valence-electron chi connectivity index (χ1n) is 6.83. The Hall–Kier alpha value is -3.02. The molecule has 0 aliphatic heterocycles. The summed E-state index contributed by atoms with van der Waals surface area (Å²) in [6, 6.07) is 9.95. The predicted molar refractivity (Wildman–Crippen MR) is 81.6 cm³/mol. The van der Waals surface area contributed by atoms with Gasteiger partial charge in [-0.2, -0.15) is 0 Å².